The summed E-state index contributed by atoms with van der Waals surface area (Å²) >= 11 is 0. The summed E-state index contributed by atoms with van der Waals surface area (Å²) < 4.78 is 32.0. The van der Waals surface area contributed by atoms with Crippen molar-refractivity contribution in [3.05, 3.63) is 59.6 Å². The quantitative estimate of drug-likeness (QED) is 0.883. The first-order valence-electron chi connectivity index (χ1n) is 8.06. The lowest BCUT2D eigenvalue weighted by Crippen LogP contribution is -2.32. The molecule has 1 aliphatic heterocycles. The molecule has 2 heterocycles. The molecule has 0 radical (unpaired) electrons. The van der Waals surface area contributed by atoms with Gasteiger partial charge in [-0.05, 0) is 37.1 Å². The van der Waals surface area contributed by atoms with Gasteiger partial charge in [0.15, 0.2) is 11.6 Å². The van der Waals surface area contributed by atoms with E-state index in [1.807, 2.05) is 12.1 Å². The van der Waals surface area contributed by atoms with E-state index < -0.39 is 11.6 Å². The molecule has 0 aliphatic carbocycles. The molecule has 24 heavy (non-hydrogen) atoms. The molecule has 1 aliphatic rings. The first-order valence-corrected chi connectivity index (χ1v) is 8.06. The molecule has 128 valence electrons. The highest BCUT2D eigenvalue weighted by molar-refractivity contribution is 5.78. The maximum absolute atomic E-state index is 13.6. The van der Waals surface area contributed by atoms with Gasteiger partial charge in [0.05, 0.1) is 19.2 Å². The number of likely N-dealkylation sites (tertiary alicyclic amines) is 1. The lowest BCUT2D eigenvalue weighted by Gasteiger charge is -2.15. The molecule has 1 aromatic heterocycles. The molecule has 3 rings (SSSR count). The van der Waals surface area contributed by atoms with Crippen molar-refractivity contribution in [1.82, 2.24) is 10.2 Å². The van der Waals surface area contributed by atoms with Crippen LogP contribution in [0.2, 0.25) is 0 Å². The SMILES string of the molecule is O=C(Cc1cccc(F)c1F)NC[C@H]1CCN(Cc2ccco2)C1. The van der Waals surface area contributed by atoms with E-state index >= 15 is 0 Å². The smallest absolute Gasteiger partial charge is 0.224 e. The molecule has 0 unspecified atom stereocenters. The molecule has 6 heteroatoms. The van der Waals surface area contributed by atoms with Gasteiger partial charge in [-0.2, -0.15) is 0 Å². The molecular formula is C18H20F2N2O2. The van der Waals surface area contributed by atoms with Crippen LogP contribution in [0.1, 0.15) is 17.7 Å². The summed E-state index contributed by atoms with van der Waals surface area (Å²) in [6.45, 7) is 3.16. The minimum absolute atomic E-state index is 0.0818. The Morgan fingerprint density at radius 3 is 2.96 bits per heavy atom. The number of carbonyl (C=O) groups is 1. The van der Waals surface area contributed by atoms with Crippen LogP contribution < -0.4 is 5.32 Å². The highest BCUT2D eigenvalue weighted by atomic mass is 19.2. The Morgan fingerprint density at radius 2 is 2.17 bits per heavy atom. The normalized spacial score (nSPS) is 18.0. The summed E-state index contributed by atoms with van der Waals surface area (Å²) in [5.41, 5.74) is 0.0818. The van der Waals surface area contributed by atoms with Gasteiger partial charge in [0.1, 0.15) is 5.76 Å². The van der Waals surface area contributed by atoms with Crippen LogP contribution in [0.15, 0.2) is 41.0 Å². The Kier molecular flexibility index (Phi) is 5.25. The van der Waals surface area contributed by atoms with Gasteiger partial charge in [-0.3, -0.25) is 9.69 Å². The topological polar surface area (TPSA) is 45.5 Å². The van der Waals surface area contributed by atoms with Crippen molar-refractivity contribution >= 4 is 5.91 Å². The monoisotopic (exact) mass is 334 g/mol. The first-order chi connectivity index (χ1) is 11.6. The Hall–Kier alpha value is -2.21. The van der Waals surface area contributed by atoms with Gasteiger partial charge in [-0.15, -0.1) is 0 Å². The molecule has 4 nitrogen and oxygen atoms in total. The van der Waals surface area contributed by atoms with Crippen LogP contribution in [0.3, 0.4) is 0 Å². The number of rotatable bonds is 6. The van der Waals surface area contributed by atoms with Crippen molar-refractivity contribution in [3.8, 4) is 0 Å². The molecule has 1 saturated heterocycles. The maximum Gasteiger partial charge on any atom is 0.224 e. The summed E-state index contributed by atoms with van der Waals surface area (Å²) in [6, 6.07) is 7.70. The average molecular weight is 334 g/mol. The molecule has 1 amide bonds. The second-order valence-electron chi connectivity index (χ2n) is 6.16. The Bertz CT molecular complexity index is 688. The van der Waals surface area contributed by atoms with Gasteiger partial charge < -0.3 is 9.73 Å². The number of amides is 1. The number of hydrogen-bond donors (Lipinski definition) is 1. The number of furan rings is 1. The van der Waals surface area contributed by atoms with Gasteiger partial charge in [0.2, 0.25) is 5.91 Å². The lowest BCUT2D eigenvalue weighted by molar-refractivity contribution is -0.120. The van der Waals surface area contributed by atoms with Crippen molar-refractivity contribution in [3.63, 3.8) is 0 Å². The van der Waals surface area contributed by atoms with E-state index in [0.29, 0.717) is 12.5 Å². The molecule has 0 bridgehead atoms. The average Bonchev–Trinajstić information content (AvgIpc) is 3.22. The zero-order valence-electron chi connectivity index (χ0n) is 13.3. The number of halogens is 2. The third kappa shape index (κ3) is 4.20. The third-order valence-electron chi connectivity index (χ3n) is 4.30. The van der Waals surface area contributed by atoms with Crippen LogP contribution in [0, 0.1) is 17.6 Å². The summed E-state index contributed by atoms with van der Waals surface area (Å²) in [6.07, 6.45) is 2.51. The van der Waals surface area contributed by atoms with Gasteiger partial charge >= 0.3 is 0 Å². The first kappa shape index (κ1) is 16.6. The third-order valence-corrected chi connectivity index (χ3v) is 4.30. The number of benzene rings is 1. The van der Waals surface area contributed by atoms with E-state index in [9.17, 15) is 13.6 Å². The molecule has 1 atom stereocenters. The lowest BCUT2D eigenvalue weighted by atomic mass is 10.1. The number of nitrogens with zero attached hydrogens (tertiary/aromatic N) is 1. The van der Waals surface area contributed by atoms with E-state index in [4.69, 9.17) is 4.42 Å². The van der Waals surface area contributed by atoms with Gasteiger partial charge in [0.25, 0.3) is 0 Å². The zero-order chi connectivity index (χ0) is 16.9. The van der Waals surface area contributed by atoms with Gasteiger partial charge in [0, 0.05) is 18.7 Å². The highest BCUT2D eigenvalue weighted by Gasteiger charge is 2.23. The zero-order valence-corrected chi connectivity index (χ0v) is 13.3. The van der Waals surface area contributed by atoms with Crippen LogP contribution in [0.5, 0.6) is 0 Å². The van der Waals surface area contributed by atoms with Crippen molar-refractivity contribution < 1.29 is 18.0 Å². The Labute approximate surface area is 139 Å². The van der Waals surface area contributed by atoms with Crippen molar-refractivity contribution in [1.29, 1.82) is 0 Å². The van der Waals surface area contributed by atoms with Crippen molar-refractivity contribution in [2.45, 2.75) is 19.4 Å². The number of hydrogen-bond acceptors (Lipinski definition) is 3. The molecular weight excluding hydrogens is 314 g/mol. The summed E-state index contributed by atoms with van der Waals surface area (Å²) in [5.74, 6) is -0.866. The second kappa shape index (κ2) is 7.57. The summed E-state index contributed by atoms with van der Waals surface area (Å²) in [4.78, 5) is 14.2. The summed E-state index contributed by atoms with van der Waals surface area (Å²) in [7, 11) is 0. The van der Waals surface area contributed by atoms with E-state index in [1.54, 1.807) is 6.26 Å². The summed E-state index contributed by atoms with van der Waals surface area (Å²) in [5, 5.41) is 2.82. The highest BCUT2D eigenvalue weighted by Crippen LogP contribution is 2.18. The van der Waals surface area contributed by atoms with Crippen LogP contribution in [0.25, 0.3) is 0 Å². The fourth-order valence-corrected chi connectivity index (χ4v) is 3.02. The maximum atomic E-state index is 13.6. The number of nitrogens with one attached hydrogen (secondary N) is 1. The van der Waals surface area contributed by atoms with E-state index in [0.717, 1.165) is 37.9 Å². The van der Waals surface area contributed by atoms with Gasteiger partial charge in [-0.1, -0.05) is 12.1 Å². The molecule has 1 aromatic carbocycles. The van der Waals surface area contributed by atoms with Crippen LogP contribution >= 0.6 is 0 Å². The standard InChI is InChI=1S/C18H20F2N2O2/c19-16-5-1-3-14(18(16)20)9-17(23)21-10-13-6-7-22(11-13)12-15-4-2-8-24-15/h1-5,8,13H,6-7,9-12H2,(H,21,23)/t13-/m1/s1. The van der Waals surface area contributed by atoms with Gasteiger partial charge in [-0.25, -0.2) is 8.78 Å². The molecule has 2 aromatic rings. The largest absolute Gasteiger partial charge is 0.468 e. The minimum atomic E-state index is -0.946. The van der Waals surface area contributed by atoms with Crippen molar-refractivity contribution in [2.24, 2.45) is 5.92 Å². The Balaban J connectivity index is 1.43. The number of carbonyl (C=O) groups excluding carboxylic acids is 1. The van der Waals surface area contributed by atoms with Crippen LogP contribution in [-0.2, 0) is 17.8 Å². The molecule has 0 spiro atoms. The van der Waals surface area contributed by atoms with Crippen LogP contribution in [-0.4, -0.2) is 30.4 Å². The van der Waals surface area contributed by atoms with E-state index in [1.165, 1.54) is 12.1 Å². The molecule has 0 saturated carbocycles. The second-order valence-corrected chi connectivity index (χ2v) is 6.16. The van der Waals surface area contributed by atoms with Crippen LogP contribution in [0.4, 0.5) is 8.78 Å². The predicted octanol–water partition coefficient (Wildman–Crippen LogP) is 2.74. The van der Waals surface area contributed by atoms with E-state index in [-0.39, 0.29) is 17.9 Å². The molecule has 1 N–H and O–H groups in total. The fraction of sp³-hybridized carbons (Fsp3) is 0.389. The van der Waals surface area contributed by atoms with E-state index in [2.05, 4.69) is 10.2 Å². The molecule has 1 fully saturated rings. The fourth-order valence-electron chi connectivity index (χ4n) is 3.02. The van der Waals surface area contributed by atoms with Crippen molar-refractivity contribution in [2.75, 3.05) is 19.6 Å². The predicted molar refractivity (Wildman–Crippen MR) is 85.2 cm³/mol. The minimum Gasteiger partial charge on any atom is -0.468 e. The Morgan fingerprint density at radius 1 is 1.29 bits per heavy atom.